The molecule has 0 N–H and O–H groups in total. The normalized spacial score (nSPS) is 17.8. The van der Waals surface area contributed by atoms with Gasteiger partial charge in [0.1, 0.15) is 16.3 Å². The zero-order chi connectivity index (χ0) is 22.3. The Labute approximate surface area is 176 Å². The van der Waals surface area contributed by atoms with Gasteiger partial charge in [0.25, 0.3) is 17.5 Å². The van der Waals surface area contributed by atoms with Crippen molar-refractivity contribution in [3.8, 4) is 0 Å². The lowest BCUT2D eigenvalue weighted by molar-refractivity contribution is -0.385. The number of sulfonamides is 1. The fourth-order valence-corrected chi connectivity index (χ4v) is 5.19. The maximum Gasteiger partial charge on any atom is 0.282 e. The zero-order valence-corrected chi connectivity index (χ0v) is 16.9. The van der Waals surface area contributed by atoms with Gasteiger partial charge in [0.15, 0.2) is 0 Å². The van der Waals surface area contributed by atoms with Gasteiger partial charge in [0.05, 0.1) is 17.2 Å². The monoisotopic (exact) mass is 448 g/mol. The Hall–Kier alpha value is -3.22. The fraction of sp³-hybridized carbons (Fsp3) is 0.263. The Balaban J connectivity index is 1.46. The van der Waals surface area contributed by atoms with Crippen LogP contribution in [0.1, 0.15) is 20.7 Å². The Morgan fingerprint density at radius 3 is 2.29 bits per heavy atom. The smallest absolute Gasteiger partial charge is 0.282 e. The van der Waals surface area contributed by atoms with Crippen LogP contribution in [0.2, 0.25) is 0 Å². The van der Waals surface area contributed by atoms with Gasteiger partial charge in [0, 0.05) is 32.2 Å². The van der Waals surface area contributed by atoms with Crippen LogP contribution in [-0.4, -0.2) is 72.1 Å². The van der Waals surface area contributed by atoms with Crippen LogP contribution in [0.5, 0.6) is 0 Å². The van der Waals surface area contributed by atoms with Gasteiger partial charge in [-0.1, -0.05) is 18.2 Å². The quantitative estimate of drug-likeness (QED) is 0.384. The van der Waals surface area contributed by atoms with Crippen molar-refractivity contribution < 1.29 is 27.3 Å². The van der Waals surface area contributed by atoms with E-state index < -0.39 is 43.2 Å². The molecule has 10 nitrogen and oxygen atoms in total. The summed E-state index contributed by atoms with van der Waals surface area (Å²) in [6.45, 7) is 0.351. The highest BCUT2D eigenvalue weighted by Crippen LogP contribution is 2.31. The van der Waals surface area contributed by atoms with E-state index in [9.17, 15) is 32.5 Å². The van der Waals surface area contributed by atoms with Gasteiger partial charge in [-0.2, -0.15) is 4.31 Å². The van der Waals surface area contributed by atoms with E-state index in [1.165, 1.54) is 36.4 Å². The number of nitro groups is 1. The first-order valence-corrected chi connectivity index (χ1v) is 10.8. The summed E-state index contributed by atoms with van der Waals surface area (Å²) in [6, 6.07) is 8.99. The third-order valence-electron chi connectivity index (χ3n) is 5.30. The molecule has 0 spiro atoms. The summed E-state index contributed by atoms with van der Waals surface area (Å²) in [5.74, 6) is -2.23. The van der Waals surface area contributed by atoms with Gasteiger partial charge in [-0.3, -0.25) is 29.5 Å². The van der Waals surface area contributed by atoms with Crippen molar-refractivity contribution >= 4 is 27.5 Å². The van der Waals surface area contributed by atoms with Crippen molar-refractivity contribution in [2.24, 2.45) is 0 Å². The van der Waals surface area contributed by atoms with E-state index in [0.29, 0.717) is 0 Å². The van der Waals surface area contributed by atoms with Crippen LogP contribution in [0.15, 0.2) is 47.4 Å². The molecule has 0 saturated carbocycles. The summed E-state index contributed by atoms with van der Waals surface area (Å²) >= 11 is 0. The number of imide groups is 1. The lowest BCUT2D eigenvalue weighted by Crippen LogP contribution is -2.52. The second-order valence-corrected chi connectivity index (χ2v) is 9.00. The summed E-state index contributed by atoms with van der Waals surface area (Å²) in [6.07, 6.45) is 0. The highest BCUT2D eigenvalue weighted by molar-refractivity contribution is 7.89. The fourth-order valence-electron chi connectivity index (χ4n) is 3.70. The van der Waals surface area contributed by atoms with Gasteiger partial charge < -0.3 is 0 Å². The lowest BCUT2D eigenvalue weighted by atomic mass is 10.1. The van der Waals surface area contributed by atoms with E-state index in [1.807, 2.05) is 0 Å². The Morgan fingerprint density at radius 1 is 0.968 bits per heavy atom. The van der Waals surface area contributed by atoms with Gasteiger partial charge in [-0.15, -0.1) is 0 Å². The second-order valence-electron chi connectivity index (χ2n) is 7.09. The largest absolute Gasteiger partial charge is 0.283 e. The number of amides is 2. The molecular formula is C19H17FN4O6S. The molecule has 0 radical (unpaired) electrons. The van der Waals surface area contributed by atoms with E-state index in [4.69, 9.17) is 0 Å². The van der Waals surface area contributed by atoms with Crippen LogP contribution in [0.4, 0.5) is 10.1 Å². The van der Waals surface area contributed by atoms with E-state index in [1.54, 1.807) is 4.90 Å². The maximum absolute atomic E-state index is 13.9. The summed E-state index contributed by atoms with van der Waals surface area (Å²) in [5, 5.41) is 11.2. The van der Waals surface area contributed by atoms with Crippen molar-refractivity contribution in [2.75, 3.05) is 32.8 Å². The number of nitro benzene ring substituents is 1. The minimum Gasteiger partial charge on any atom is -0.283 e. The zero-order valence-electron chi connectivity index (χ0n) is 16.1. The molecule has 162 valence electrons. The third-order valence-corrected chi connectivity index (χ3v) is 7.23. The van der Waals surface area contributed by atoms with Crippen molar-refractivity contribution in [1.82, 2.24) is 14.1 Å². The molecule has 1 saturated heterocycles. The van der Waals surface area contributed by atoms with Crippen LogP contribution in [0.25, 0.3) is 0 Å². The maximum atomic E-state index is 13.9. The number of carbonyl (C=O) groups is 2. The molecule has 2 heterocycles. The first-order chi connectivity index (χ1) is 14.7. The number of carbonyl (C=O) groups excluding carboxylic acids is 2. The molecule has 2 aromatic rings. The van der Waals surface area contributed by atoms with Crippen molar-refractivity contribution in [3.63, 3.8) is 0 Å². The highest BCUT2D eigenvalue weighted by Gasteiger charge is 2.42. The molecule has 2 aliphatic rings. The van der Waals surface area contributed by atoms with Crippen LogP contribution in [-0.2, 0) is 10.0 Å². The Morgan fingerprint density at radius 2 is 1.65 bits per heavy atom. The molecule has 4 rings (SSSR count). The molecule has 0 aliphatic carbocycles. The van der Waals surface area contributed by atoms with E-state index in [-0.39, 0.29) is 44.0 Å². The summed E-state index contributed by atoms with van der Waals surface area (Å²) in [4.78, 5) is 38.0. The number of piperazine rings is 1. The summed E-state index contributed by atoms with van der Waals surface area (Å²) in [7, 11) is -4.01. The SMILES string of the molecule is O=C1c2cccc([N+](=O)[O-])c2C(=O)N1CN1CCN(S(=O)(=O)c2ccccc2F)CC1. The molecule has 2 amide bonds. The molecule has 2 aromatic carbocycles. The van der Waals surface area contributed by atoms with E-state index in [0.717, 1.165) is 15.3 Å². The van der Waals surface area contributed by atoms with Crippen LogP contribution in [0, 0.1) is 15.9 Å². The summed E-state index contributed by atoms with van der Waals surface area (Å²) in [5.41, 5.74) is -0.697. The van der Waals surface area contributed by atoms with Crippen LogP contribution >= 0.6 is 0 Å². The standard InChI is InChI=1S/C19H17FN4O6S/c20-14-5-1-2-7-16(14)31(29,30)22-10-8-21(9-11-22)12-23-18(25)13-4-3-6-15(24(27)28)17(13)19(23)26/h1-7H,8-12H2. The van der Waals surface area contributed by atoms with Crippen molar-refractivity contribution in [2.45, 2.75) is 4.90 Å². The Kier molecular flexibility index (Phi) is 5.29. The van der Waals surface area contributed by atoms with Crippen LogP contribution < -0.4 is 0 Å². The first kappa shape index (κ1) is 21.0. The molecule has 2 aliphatic heterocycles. The first-order valence-electron chi connectivity index (χ1n) is 9.32. The van der Waals surface area contributed by atoms with Crippen molar-refractivity contribution in [3.05, 3.63) is 69.5 Å². The number of hydrogen-bond donors (Lipinski definition) is 0. The van der Waals surface area contributed by atoms with Gasteiger partial charge in [-0.05, 0) is 18.2 Å². The number of rotatable bonds is 5. The predicted octanol–water partition coefficient (Wildman–Crippen LogP) is 1.29. The summed E-state index contributed by atoms with van der Waals surface area (Å²) < 4.78 is 40.5. The van der Waals surface area contributed by atoms with Gasteiger partial charge in [0.2, 0.25) is 10.0 Å². The number of nitrogens with zero attached hydrogens (tertiary/aromatic N) is 4. The van der Waals surface area contributed by atoms with E-state index in [2.05, 4.69) is 0 Å². The van der Waals surface area contributed by atoms with Crippen molar-refractivity contribution in [1.29, 1.82) is 0 Å². The number of fused-ring (bicyclic) bond motifs is 1. The van der Waals surface area contributed by atoms with E-state index >= 15 is 0 Å². The van der Waals surface area contributed by atoms with Crippen LogP contribution in [0.3, 0.4) is 0 Å². The topological polar surface area (TPSA) is 121 Å². The average molecular weight is 448 g/mol. The number of halogens is 1. The number of benzene rings is 2. The average Bonchev–Trinajstić information content (AvgIpc) is 2.99. The second kappa shape index (κ2) is 7.80. The third kappa shape index (κ3) is 3.58. The number of hydrogen-bond acceptors (Lipinski definition) is 7. The highest BCUT2D eigenvalue weighted by atomic mass is 32.2. The molecule has 0 aromatic heterocycles. The molecule has 0 unspecified atom stereocenters. The molecule has 0 bridgehead atoms. The predicted molar refractivity (Wildman–Crippen MR) is 105 cm³/mol. The molecule has 1 fully saturated rings. The lowest BCUT2D eigenvalue weighted by Gasteiger charge is -2.35. The minimum atomic E-state index is -4.01. The minimum absolute atomic E-state index is 0.0278. The molecule has 0 atom stereocenters. The molecule has 12 heteroatoms. The Bertz CT molecular complexity index is 1190. The molecular weight excluding hydrogens is 431 g/mol. The van der Waals surface area contributed by atoms with Gasteiger partial charge >= 0.3 is 0 Å². The molecule has 31 heavy (non-hydrogen) atoms. The van der Waals surface area contributed by atoms with Gasteiger partial charge in [-0.25, -0.2) is 12.8 Å².